The average molecular weight is 311 g/mol. The number of carbonyl (C=O) groups excluding carboxylic acids is 3. The van der Waals surface area contributed by atoms with Crippen LogP contribution in [0.5, 0.6) is 0 Å². The van der Waals surface area contributed by atoms with E-state index >= 15 is 0 Å². The van der Waals surface area contributed by atoms with E-state index in [-0.39, 0.29) is 12.4 Å². The van der Waals surface area contributed by atoms with Crippen molar-refractivity contribution in [1.82, 2.24) is 0 Å². The van der Waals surface area contributed by atoms with Gasteiger partial charge in [-0.05, 0) is 8.26 Å². The first-order chi connectivity index (χ1) is 11.6. The van der Waals surface area contributed by atoms with Crippen LogP contribution < -0.4 is 0 Å². The molecule has 0 fully saturated rings. The summed E-state index contributed by atoms with van der Waals surface area (Å²) >= 11 is 0. The standard InChI is InChI=1S/C13H10O.C5H8O3.BH/c14-13(11-7-3-1-4-8-11)12-9-5-2-6-10-12;1-3-8-5(7)4(2)6;/h1-10H;3H2,1-2H3;1H/i;;1D. The van der Waals surface area contributed by atoms with Gasteiger partial charge >= 0.3 is 5.97 Å². The van der Waals surface area contributed by atoms with Crippen molar-refractivity contribution >= 4 is 25.9 Å². The number of ketones is 2. The molecule has 0 N–H and O–H groups in total. The zero-order chi connectivity index (χ0) is 18.4. The summed E-state index contributed by atoms with van der Waals surface area (Å²) in [5.74, 6) is -1.23. The van der Waals surface area contributed by atoms with Crippen LogP contribution in [-0.2, 0) is 14.3 Å². The molecule has 0 saturated heterocycles. The highest BCUT2D eigenvalue weighted by atomic mass is 16.5. The molecule has 0 aliphatic rings. The number of benzene rings is 2. The molecule has 0 heterocycles. The predicted molar refractivity (Wildman–Crippen MR) is 90.8 cm³/mol. The van der Waals surface area contributed by atoms with Gasteiger partial charge in [-0.15, -0.1) is 0 Å². The smallest absolute Gasteiger partial charge is 0.374 e. The number of esters is 1. The zero-order valence-corrected chi connectivity index (χ0v) is 13.2. The molecule has 118 valence electrons. The first-order valence-electron chi connectivity index (χ1n) is 7.46. The summed E-state index contributed by atoms with van der Waals surface area (Å²) in [4.78, 5) is 32.1. The molecule has 4 nitrogen and oxygen atoms in total. The van der Waals surface area contributed by atoms with Gasteiger partial charge in [0.15, 0.2) is 5.78 Å². The zero-order valence-electron chi connectivity index (χ0n) is 14.2. The summed E-state index contributed by atoms with van der Waals surface area (Å²) < 4.78 is 9.56. The fourth-order valence-corrected chi connectivity index (χ4v) is 1.58. The van der Waals surface area contributed by atoms with Crippen molar-refractivity contribution in [2.24, 2.45) is 0 Å². The Hall–Kier alpha value is -2.69. The highest BCUT2D eigenvalue weighted by molar-refractivity contribution is 6.32. The van der Waals surface area contributed by atoms with Crippen molar-refractivity contribution in [3.63, 3.8) is 0 Å². The molecular weight excluding hydrogens is 291 g/mol. The molecule has 5 heteroatoms. The van der Waals surface area contributed by atoms with Gasteiger partial charge in [0.05, 0.1) is 6.61 Å². The second-order valence-electron chi connectivity index (χ2n) is 4.34. The molecule has 0 atom stereocenters. The highest BCUT2D eigenvalue weighted by Crippen LogP contribution is 2.08. The molecular formula is C18H19BO4. The Labute approximate surface area is 139 Å². The van der Waals surface area contributed by atoms with Gasteiger partial charge in [0.25, 0.3) is 0 Å². The molecule has 0 amide bonds. The minimum Gasteiger partial charge on any atom is -0.460 e. The number of rotatable bonds is 4. The average Bonchev–Trinajstić information content (AvgIpc) is 2.65. The van der Waals surface area contributed by atoms with Crippen molar-refractivity contribution in [2.45, 2.75) is 13.8 Å². The summed E-state index contributed by atoms with van der Waals surface area (Å²) in [7, 11) is 3.75. The summed E-state index contributed by atoms with van der Waals surface area (Å²) in [6.07, 6.45) is 0. The van der Waals surface area contributed by atoms with Gasteiger partial charge in [-0.1, -0.05) is 60.7 Å². The first-order valence-corrected chi connectivity index (χ1v) is 6.88. The van der Waals surface area contributed by atoms with Crippen LogP contribution in [-0.4, -0.2) is 33.9 Å². The molecule has 2 aromatic carbocycles. The fraction of sp³-hybridized carbons (Fsp3) is 0.167. The molecule has 0 saturated carbocycles. The van der Waals surface area contributed by atoms with Gasteiger partial charge in [0, 0.05) is 26.4 Å². The maximum atomic E-state index is 11.8. The minimum absolute atomic E-state index is 0.0752. The molecule has 2 rings (SSSR count). The summed E-state index contributed by atoms with van der Waals surface area (Å²) in [6.45, 7) is 3.09. The van der Waals surface area contributed by atoms with E-state index in [1.807, 2.05) is 60.7 Å². The van der Waals surface area contributed by atoms with Crippen molar-refractivity contribution in [3.8, 4) is 0 Å². The lowest BCUT2D eigenvalue weighted by molar-refractivity contribution is -0.152. The van der Waals surface area contributed by atoms with Crippen LogP contribution in [0, 0.1) is 0 Å². The van der Waals surface area contributed by atoms with Crippen LogP contribution in [0.4, 0.5) is 0 Å². The van der Waals surface area contributed by atoms with E-state index < -0.39 is 11.8 Å². The second kappa shape index (κ2) is 11.0. The van der Waals surface area contributed by atoms with E-state index in [0.717, 1.165) is 11.1 Å². The van der Waals surface area contributed by atoms with Gasteiger partial charge < -0.3 is 4.74 Å². The van der Waals surface area contributed by atoms with Crippen LogP contribution in [0.25, 0.3) is 0 Å². The topological polar surface area (TPSA) is 60.4 Å². The van der Waals surface area contributed by atoms with Crippen LogP contribution in [0.15, 0.2) is 60.7 Å². The number of carbonyl (C=O) groups is 3. The predicted octanol–water partition coefficient (Wildman–Crippen LogP) is 2.41. The quantitative estimate of drug-likeness (QED) is 0.376. The van der Waals surface area contributed by atoms with Crippen LogP contribution in [0.2, 0.25) is 0 Å². The van der Waals surface area contributed by atoms with Crippen LogP contribution >= 0.6 is 0 Å². The Kier molecular flexibility index (Phi) is 8.75. The molecule has 0 unspecified atom stereocenters. The number of hydrogen-bond acceptors (Lipinski definition) is 4. The molecule has 0 spiro atoms. The second-order valence-corrected chi connectivity index (χ2v) is 4.34. The lowest BCUT2D eigenvalue weighted by atomic mass is 10.0. The third-order valence-electron chi connectivity index (χ3n) is 2.63. The van der Waals surface area contributed by atoms with Gasteiger partial charge in [-0.3, -0.25) is 9.59 Å². The molecule has 0 aliphatic heterocycles. The first kappa shape index (κ1) is 18.4. The van der Waals surface area contributed by atoms with E-state index in [1.165, 1.54) is 6.92 Å². The third kappa shape index (κ3) is 7.22. The maximum absolute atomic E-state index is 11.8. The van der Waals surface area contributed by atoms with Gasteiger partial charge in [0.1, 0.15) is 0 Å². The summed E-state index contributed by atoms with van der Waals surface area (Å²) in [5.41, 5.74) is 1.47. The molecule has 2 radical (unpaired) electrons. The Balaban J connectivity index is 0.000000456. The monoisotopic (exact) mass is 311 g/mol. The number of ether oxygens (including phenoxy) is 1. The third-order valence-corrected chi connectivity index (χ3v) is 2.63. The Morgan fingerprint density at radius 2 is 1.30 bits per heavy atom. The van der Waals surface area contributed by atoms with Gasteiger partial charge in [0.2, 0.25) is 5.78 Å². The molecule has 0 aliphatic carbocycles. The van der Waals surface area contributed by atoms with Gasteiger partial charge in [-0.25, -0.2) is 4.79 Å². The maximum Gasteiger partial charge on any atom is 0.374 e. The van der Waals surface area contributed by atoms with Crippen molar-refractivity contribution in [2.75, 3.05) is 6.61 Å². The Morgan fingerprint density at radius 1 is 0.913 bits per heavy atom. The number of hydrogen-bond donors (Lipinski definition) is 0. The fourth-order valence-electron chi connectivity index (χ4n) is 1.58. The SMILES string of the molecule is CCOC(=O)C(C)=O.O=C(c1ccccc1)c1ccccc1.[2H][B]. The van der Waals surface area contributed by atoms with Crippen LogP contribution in [0.3, 0.4) is 0 Å². The van der Waals surface area contributed by atoms with Gasteiger partial charge in [-0.2, -0.15) is 0 Å². The largest absolute Gasteiger partial charge is 0.460 e. The molecule has 23 heavy (non-hydrogen) atoms. The van der Waals surface area contributed by atoms with Crippen molar-refractivity contribution in [3.05, 3.63) is 71.8 Å². The summed E-state index contributed by atoms with van der Waals surface area (Å²) in [6, 6.07) is 18.6. The van der Waals surface area contributed by atoms with E-state index in [0.29, 0.717) is 0 Å². The van der Waals surface area contributed by atoms with E-state index in [9.17, 15) is 14.4 Å². The minimum atomic E-state index is -0.757. The normalized spacial score (nSPS) is 9.04. The van der Waals surface area contributed by atoms with Crippen LogP contribution in [0.1, 0.15) is 29.8 Å². The van der Waals surface area contributed by atoms with Crippen molar-refractivity contribution < 1.29 is 19.1 Å². The molecule has 2 aromatic rings. The Bertz CT molecular complexity index is 588. The number of Topliss-reactive ketones (excluding diaryl/α,β-unsaturated/α-hetero) is 1. The van der Waals surface area contributed by atoms with Crippen molar-refractivity contribution in [1.29, 1.82) is 1.34 Å². The highest BCUT2D eigenvalue weighted by Gasteiger charge is 2.06. The molecule has 0 aromatic heterocycles. The van der Waals surface area contributed by atoms with E-state index in [1.54, 1.807) is 6.92 Å². The van der Waals surface area contributed by atoms with E-state index in [4.69, 9.17) is 1.34 Å². The Morgan fingerprint density at radius 3 is 1.57 bits per heavy atom. The lowest BCUT2D eigenvalue weighted by Crippen LogP contribution is -2.12. The molecule has 0 bridgehead atoms. The van der Waals surface area contributed by atoms with E-state index in [2.05, 4.69) is 13.1 Å². The lowest BCUT2D eigenvalue weighted by Gasteiger charge is -1.99. The summed E-state index contributed by atoms with van der Waals surface area (Å²) in [5, 5.41) is 0.